The number of halogens is 1. The number of rotatable bonds is 8. The molecule has 2 aromatic carbocycles. The molecular weight excluding hydrogens is 395 g/mol. The lowest BCUT2D eigenvalue weighted by Crippen LogP contribution is -2.41. The van der Waals surface area contributed by atoms with E-state index >= 15 is 0 Å². The Morgan fingerprint density at radius 1 is 1.00 bits per heavy atom. The van der Waals surface area contributed by atoms with Gasteiger partial charge in [-0.3, -0.25) is 4.79 Å². The monoisotopic (exact) mass is 428 g/mol. The number of carbonyl (C=O) groups is 2. The van der Waals surface area contributed by atoms with Crippen molar-refractivity contribution in [3.05, 3.63) is 53.8 Å². The number of benzene rings is 2. The number of nitrogens with one attached hydrogen (secondary N) is 2. The van der Waals surface area contributed by atoms with E-state index < -0.39 is 5.82 Å². The highest BCUT2D eigenvalue weighted by atomic mass is 19.1. The Morgan fingerprint density at radius 2 is 1.68 bits per heavy atom. The Kier molecular flexibility index (Phi) is 8.42. The smallest absolute Gasteiger partial charge is 0.322 e. The van der Waals surface area contributed by atoms with Gasteiger partial charge in [0.15, 0.2) is 0 Å². The zero-order valence-corrected chi connectivity index (χ0v) is 19.2. The zero-order valence-electron chi connectivity index (χ0n) is 19.2. The highest BCUT2D eigenvalue weighted by Gasteiger charge is 2.22. The first-order valence-electron chi connectivity index (χ1n) is 10.6. The molecule has 2 aromatic rings. The van der Waals surface area contributed by atoms with Crippen molar-refractivity contribution in [2.24, 2.45) is 5.92 Å². The van der Waals surface area contributed by atoms with Gasteiger partial charge in [0.1, 0.15) is 5.82 Å². The van der Waals surface area contributed by atoms with E-state index in [4.69, 9.17) is 0 Å². The highest BCUT2D eigenvalue weighted by Crippen LogP contribution is 2.26. The Balaban J connectivity index is 2.33. The fraction of sp³-hybridized carbons (Fsp3) is 0.417. The van der Waals surface area contributed by atoms with Gasteiger partial charge in [-0.1, -0.05) is 26.8 Å². The van der Waals surface area contributed by atoms with Crippen LogP contribution in [0.3, 0.4) is 0 Å². The molecule has 2 N–H and O–H groups in total. The van der Waals surface area contributed by atoms with E-state index in [9.17, 15) is 14.0 Å². The topological polar surface area (TPSA) is 64.7 Å². The number of urea groups is 1. The van der Waals surface area contributed by atoms with Crippen LogP contribution in [0.2, 0.25) is 0 Å². The van der Waals surface area contributed by atoms with Crippen molar-refractivity contribution in [1.29, 1.82) is 0 Å². The molecule has 0 bridgehead atoms. The van der Waals surface area contributed by atoms with Crippen LogP contribution in [0.25, 0.3) is 0 Å². The summed E-state index contributed by atoms with van der Waals surface area (Å²) < 4.78 is 13.5. The molecule has 0 aliphatic rings. The third-order valence-corrected chi connectivity index (χ3v) is 5.15. The van der Waals surface area contributed by atoms with Gasteiger partial charge in [0.05, 0.1) is 0 Å². The van der Waals surface area contributed by atoms with Crippen LogP contribution in [0, 0.1) is 11.7 Å². The Morgan fingerprint density at radius 3 is 2.26 bits per heavy atom. The van der Waals surface area contributed by atoms with E-state index in [1.807, 2.05) is 64.9 Å². The average Bonchev–Trinajstić information content (AvgIpc) is 2.71. The fourth-order valence-corrected chi connectivity index (χ4v) is 3.11. The SMILES string of the molecule is CCC(C)N(Cc1cc(NC(=O)C(C)C)ccc1N(C)C)C(=O)Nc1cccc(F)c1. The summed E-state index contributed by atoms with van der Waals surface area (Å²) in [7, 11) is 3.87. The summed E-state index contributed by atoms with van der Waals surface area (Å²) in [5.74, 6) is -0.604. The molecular formula is C24H33FN4O2. The number of hydrogen-bond donors (Lipinski definition) is 2. The van der Waals surface area contributed by atoms with Crippen LogP contribution in [0.5, 0.6) is 0 Å². The number of hydrogen-bond acceptors (Lipinski definition) is 3. The van der Waals surface area contributed by atoms with Gasteiger partial charge in [0, 0.05) is 49.7 Å². The second-order valence-electron chi connectivity index (χ2n) is 8.21. The van der Waals surface area contributed by atoms with Crippen molar-refractivity contribution in [3.8, 4) is 0 Å². The molecule has 3 amide bonds. The molecule has 0 radical (unpaired) electrons. The van der Waals surface area contributed by atoms with Crippen molar-refractivity contribution < 1.29 is 14.0 Å². The van der Waals surface area contributed by atoms with Gasteiger partial charge in [0.25, 0.3) is 0 Å². The van der Waals surface area contributed by atoms with Gasteiger partial charge in [-0.2, -0.15) is 0 Å². The van der Waals surface area contributed by atoms with Crippen LogP contribution < -0.4 is 15.5 Å². The van der Waals surface area contributed by atoms with Crippen LogP contribution in [-0.2, 0) is 11.3 Å². The molecule has 0 spiro atoms. The van der Waals surface area contributed by atoms with Crippen molar-refractivity contribution in [2.75, 3.05) is 29.6 Å². The average molecular weight is 429 g/mol. The minimum absolute atomic E-state index is 0.0440. The standard InChI is InChI=1S/C24H33FN4O2/c1-7-17(4)29(24(31)27-20-10-8-9-19(25)14-20)15-18-13-21(26-23(30)16(2)3)11-12-22(18)28(5)6/h8-14,16-17H,7,15H2,1-6H3,(H,26,30)(H,27,31). The predicted octanol–water partition coefficient (Wildman–Crippen LogP) is 5.32. The van der Waals surface area contributed by atoms with E-state index in [1.165, 1.54) is 12.1 Å². The van der Waals surface area contributed by atoms with Crippen molar-refractivity contribution >= 4 is 29.0 Å². The second kappa shape index (κ2) is 10.8. The predicted molar refractivity (Wildman–Crippen MR) is 125 cm³/mol. The molecule has 0 saturated heterocycles. The molecule has 0 aliphatic heterocycles. The minimum Gasteiger partial charge on any atom is -0.377 e. The molecule has 0 fully saturated rings. The molecule has 6 nitrogen and oxygen atoms in total. The van der Waals surface area contributed by atoms with Crippen LogP contribution >= 0.6 is 0 Å². The molecule has 7 heteroatoms. The van der Waals surface area contributed by atoms with E-state index in [0.29, 0.717) is 17.9 Å². The molecule has 0 heterocycles. The summed E-state index contributed by atoms with van der Waals surface area (Å²) in [6.07, 6.45) is 0.762. The third-order valence-electron chi connectivity index (χ3n) is 5.15. The summed E-state index contributed by atoms with van der Waals surface area (Å²) in [4.78, 5) is 28.9. The first-order valence-corrected chi connectivity index (χ1v) is 10.6. The maximum absolute atomic E-state index is 13.5. The zero-order chi connectivity index (χ0) is 23.1. The summed E-state index contributed by atoms with van der Waals surface area (Å²) >= 11 is 0. The molecule has 0 aromatic heterocycles. The maximum Gasteiger partial charge on any atom is 0.322 e. The van der Waals surface area contributed by atoms with Gasteiger partial charge in [-0.15, -0.1) is 0 Å². The van der Waals surface area contributed by atoms with Crippen molar-refractivity contribution in [2.45, 2.75) is 46.7 Å². The number of nitrogens with zero attached hydrogens (tertiary/aromatic N) is 2. The van der Waals surface area contributed by atoms with Gasteiger partial charge in [-0.05, 0) is 55.3 Å². The second-order valence-corrected chi connectivity index (χ2v) is 8.21. The number of carbonyl (C=O) groups excluding carboxylic acids is 2. The highest BCUT2D eigenvalue weighted by molar-refractivity contribution is 5.92. The first-order chi connectivity index (χ1) is 14.6. The van der Waals surface area contributed by atoms with Crippen molar-refractivity contribution in [3.63, 3.8) is 0 Å². The lowest BCUT2D eigenvalue weighted by molar-refractivity contribution is -0.118. The normalized spacial score (nSPS) is 11.7. The van der Waals surface area contributed by atoms with Gasteiger partial charge >= 0.3 is 6.03 Å². The maximum atomic E-state index is 13.5. The fourth-order valence-electron chi connectivity index (χ4n) is 3.11. The molecule has 0 aliphatic carbocycles. The lowest BCUT2D eigenvalue weighted by atomic mass is 10.1. The quantitative estimate of drug-likeness (QED) is 0.598. The summed E-state index contributed by atoms with van der Waals surface area (Å²) in [5.41, 5.74) is 2.95. The van der Waals surface area contributed by atoms with E-state index in [0.717, 1.165) is 17.7 Å². The lowest BCUT2D eigenvalue weighted by Gasteiger charge is -2.31. The summed E-state index contributed by atoms with van der Waals surface area (Å²) in [5, 5.41) is 5.71. The molecule has 1 atom stereocenters. The first kappa shape index (κ1) is 24.2. The minimum atomic E-state index is -0.406. The number of anilines is 3. The van der Waals surface area contributed by atoms with Crippen LogP contribution in [0.15, 0.2) is 42.5 Å². The number of amides is 3. The van der Waals surface area contributed by atoms with Crippen molar-refractivity contribution in [1.82, 2.24) is 4.90 Å². The van der Waals surface area contributed by atoms with Crippen LogP contribution in [0.1, 0.15) is 39.7 Å². The van der Waals surface area contributed by atoms with E-state index in [1.54, 1.807) is 17.0 Å². The molecule has 168 valence electrons. The largest absolute Gasteiger partial charge is 0.377 e. The molecule has 1 unspecified atom stereocenters. The Bertz CT molecular complexity index is 914. The van der Waals surface area contributed by atoms with Crippen LogP contribution in [0.4, 0.5) is 26.2 Å². The van der Waals surface area contributed by atoms with Gasteiger partial charge in [-0.25, -0.2) is 9.18 Å². The van der Waals surface area contributed by atoms with Crippen LogP contribution in [-0.4, -0.2) is 37.0 Å². The Hall–Kier alpha value is -3.09. The summed E-state index contributed by atoms with van der Waals surface area (Å²) in [6, 6.07) is 11.2. The molecule has 0 saturated carbocycles. The van der Waals surface area contributed by atoms with Gasteiger partial charge in [0.2, 0.25) is 5.91 Å². The molecule has 2 rings (SSSR count). The van der Waals surface area contributed by atoms with E-state index in [2.05, 4.69) is 10.6 Å². The van der Waals surface area contributed by atoms with E-state index in [-0.39, 0.29) is 23.9 Å². The molecule has 31 heavy (non-hydrogen) atoms. The third kappa shape index (κ3) is 6.70. The Labute approximate surface area is 184 Å². The van der Waals surface area contributed by atoms with Gasteiger partial charge < -0.3 is 20.4 Å². The summed E-state index contributed by atoms with van der Waals surface area (Å²) in [6.45, 7) is 8.01.